The second kappa shape index (κ2) is 3.79. The number of para-hydroxylation sites is 2. The fourth-order valence-corrected chi connectivity index (χ4v) is 2.63. The second-order valence-corrected chi connectivity index (χ2v) is 4.85. The Morgan fingerprint density at radius 3 is 2.94 bits per heavy atom. The van der Waals surface area contributed by atoms with Crippen molar-refractivity contribution in [3.63, 3.8) is 0 Å². The number of aromatic nitrogens is 2. The van der Waals surface area contributed by atoms with Gasteiger partial charge in [-0.3, -0.25) is 0 Å². The molecule has 90 valence electrons. The molecule has 1 aromatic heterocycles. The molecule has 1 unspecified atom stereocenters. The van der Waals surface area contributed by atoms with Gasteiger partial charge in [0.05, 0.1) is 17.4 Å². The third-order valence-corrected chi connectivity index (χ3v) is 3.49. The summed E-state index contributed by atoms with van der Waals surface area (Å²) in [6.07, 6.45) is 2.41. The quantitative estimate of drug-likeness (QED) is 0.780. The fraction of sp³-hybridized carbons (Fsp3) is 0.462. The van der Waals surface area contributed by atoms with Crippen molar-refractivity contribution in [1.82, 2.24) is 9.55 Å². The van der Waals surface area contributed by atoms with Crippen LogP contribution >= 0.6 is 0 Å². The van der Waals surface area contributed by atoms with Crippen molar-refractivity contribution in [2.75, 3.05) is 0 Å². The van der Waals surface area contributed by atoms with Crippen molar-refractivity contribution in [3.8, 4) is 0 Å². The zero-order valence-electron chi connectivity index (χ0n) is 9.44. The van der Waals surface area contributed by atoms with E-state index < -0.39 is 5.92 Å². The van der Waals surface area contributed by atoms with Gasteiger partial charge in [0, 0.05) is 19.4 Å². The van der Waals surface area contributed by atoms with Crippen LogP contribution in [0.25, 0.3) is 11.0 Å². The Hall–Kier alpha value is -1.45. The van der Waals surface area contributed by atoms with Gasteiger partial charge in [0.2, 0.25) is 5.92 Å². The highest BCUT2D eigenvalue weighted by molar-refractivity contribution is 5.74. The SMILES string of the molecule is FC1(F)CCC(Cn2cnc3ccccc32)C1. The smallest absolute Gasteiger partial charge is 0.248 e. The molecule has 1 atom stereocenters. The highest BCUT2D eigenvalue weighted by Gasteiger charge is 2.39. The van der Waals surface area contributed by atoms with E-state index in [1.165, 1.54) is 0 Å². The minimum Gasteiger partial charge on any atom is -0.330 e. The molecule has 0 amide bonds. The first-order chi connectivity index (χ1) is 8.14. The normalized spacial score (nSPS) is 23.3. The first-order valence-electron chi connectivity index (χ1n) is 5.92. The topological polar surface area (TPSA) is 17.8 Å². The summed E-state index contributed by atoms with van der Waals surface area (Å²) in [7, 11) is 0. The zero-order valence-corrected chi connectivity index (χ0v) is 9.44. The molecule has 0 bridgehead atoms. The first-order valence-corrected chi connectivity index (χ1v) is 5.92. The number of alkyl halides is 2. The lowest BCUT2D eigenvalue weighted by molar-refractivity contribution is 0.00440. The molecular formula is C13H14F2N2. The van der Waals surface area contributed by atoms with E-state index in [-0.39, 0.29) is 18.8 Å². The van der Waals surface area contributed by atoms with Gasteiger partial charge >= 0.3 is 0 Å². The molecule has 1 aliphatic carbocycles. The fourth-order valence-electron chi connectivity index (χ4n) is 2.63. The van der Waals surface area contributed by atoms with Crippen LogP contribution < -0.4 is 0 Å². The van der Waals surface area contributed by atoms with Crippen LogP contribution in [0, 0.1) is 5.92 Å². The highest BCUT2D eigenvalue weighted by atomic mass is 19.3. The summed E-state index contributed by atoms with van der Waals surface area (Å²) in [6.45, 7) is 0.649. The summed E-state index contributed by atoms with van der Waals surface area (Å²) in [5.74, 6) is -2.39. The summed E-state index contributed by atoms with van der Waals surface area (Å²) < 4.78 is 28.2. The van der Waals surface area contributed by atoms with Gasteiger partial charge in [0.25, 0.3) is 0 Å². The molecule has 17 heavy (non-hydrogen) atoms. The van der Waals surface area contributed by atoms with Gasteiger partial charge < -0.3 is 4.57 Å². The van der Waals surface area contributed by atoms with E-state index in [4.69, 9.17) is 0 Å². The van der Waals surface area contributed by atoms with Crippen LogP contribution in [0.1, 0.15) is 19.3 Å². The summed E-state index contributed by atoms with van der Waals surface area (Å²) in [6, 6.07) is 7.80. The molecule has 0 saturated heterocycles. The second-order valence-electron chi connectivity index (χ2n) is 4.85. The molecule has 0 radical (unpaired) electrons. The summed E-state index contributed by atoms with van der Waals surface area (Å²) in [5.41, 5.74) is 1.96. The lowest BCUT2D eigenvalue weighted by atomic mass is 10.1. The van der Waals surface area contributed by atoms with Gasteiger partial charge in [-0.15, -0.1) is 0 Å². The van der Waals surface area contributed by atoms with E-state index in [0.717, 1.165) is 11.0 Å². The molecule has 1 aliphatic rings. The van der Waals surface area contributed by atoms with Crippen LogP contribution in [0.2, 0.25) is 0 Å². The Labute approximate surface area is 98.3 Å². The van der Waals surface area contributed by atoms with Crippen LogP contribution in [0.4, 0.5) is 8.78 Å². The molecule has 4 heteroatoms. The Balaban J connectivity index is 1.82. The number of imidazole rings is 1. The Morgan fingerprint density at radius 2 is 2.18 bits per heavy atom. The molecule has 0 spiro atoms. The van der Waals surface area contributed by atoms with Crippen LogP contribution in [0.5, 0.6) is 0 Å². The van der Waals surface area contributed by atoms with E-state index >= 15 is 0 Å². The van der Waals surface area contributed by atoms with E-state index in [1.54, 1.807) is 6.33 Å². The first kappa shape index (κ1) is 10.7. The highest BCUT2D eigenvalue weighted by Crippen LogP contribution is 2.39. The molecule has 2 nitrogen and oxygen atoms in total. The summed E-state index contributed by atoms with van der Waals surface area (Å²) in [5, 5.41) is 0. The predicted molar refractivity (Wildman–Crippen MR) is 62.0 cm³/mol. The maximum Gasteiger partial charge on any atom is 0.248 e. The van der Waals surface area contributed by atoms with E-state index in [1.807, 2.05) is 28.8 Å². The maximum absolute atomic E-state index is 13.1. The lowest BCUT2D eigenvalue weighted by Gasteiger charge is -2.11. The number of fused-ring (bicyclic) bond motifs is 1. The van der Waals surface area contributed by atoms with Crippen molar-refractivity contribution in [2.45, 2.75) is 31.7 Å². The lowest BCUT2D eigenvalue weighted by Crippen LogP contribution is -2.12. The Morgan fingerprint density at radius 1 is 1.35 bits per heavy atom. The van der Waals surface area contributed by atoms with E-state index in [2.05, 4.69) is 4.98 Å². The number of rotatable bonds is 2. The van der Waals surface area contributed by atoms with Crippen LogP contribution in [0.3, 0.4) is 0 Å². The molecule has 1 aromatic carbocycles. The van der Waals surface area contributed by atoms with Crippen molar-refractivity contribution in [1.29, 1.82) is 0 Å². The van der Waals surface area contributed by atoms with Crippen molar-refractivity contribution in [3.05, 3.63) is 30.6 Å². The van der Waals surface area contributed by atoms with Gasteiger partial charge in [0.1, 0.15) is 0 Å². The van der Waals surface area contributed by atoms with E-state index in [0.29, 0.717) is 13.0 Å². The van der Waals surface area contributed by atoms with Gasteiger partial charge in [0.15, 0.2) is 0 Å². The maximum atomic E-state index is 13.1. The molecule has 1 saturated carbocycles. The Bertz CT molecular complexity index is 533. The molecule has 1 heterocycles. The number of benzene rings is 1. The average Bonchev–Trinajstić information content (AvgIpc) is 2.84. The van der Waals surface area contributed by atoms with Gasteiger partial charge in [-0.2, -0.15) is 0 Å². The van der Waals surface area contributed by atoms with E-state index in [9.17, 15) is 8.78 Å². The van der Waals surface area contributed by atoms with Gasteiger partial charge in [-0.1, -0.05) is 12.1 Å². The number of nitrogens with zero attached hydrogens (tertiary/aromatic N) is 2. The van der Waals surface area contributed by atoms with Gasteiger partial charge in [-0.25, -0.2) is 13.8 Å². The average molecular weight is 236 g/mol. The number of hydrogen-bond acceptors (Lipinski definition) is 1. The summed E-state index contributed by atoms with van der Waals surface area (Å²) in [4.78, 5) is 4.27. The van der Waals surface area contributed by atoms with Crippen LogP contribution in [-0.4, -0.2) is 15.5 Å². The summed E-state index contributed by atoms with van der Waals surface area (Å²) >= 11 is 0. The van der Waals surface area contributed by atoms with Crippen molar-refractivity contribution in [2.24, 2.45) is 5.92 Å². The van der Waals surface area contributed by atoms with Gasteiger partial charge in [-0.05, 0) is 24.5 Å². The molecular weight excluding hydrogens is 222 g/mol. The van der Waals surface area contributed by atoms with Crippen molar-refractivity contribution < 1.29 is 8.78 Å². The number of hydrogen-bond donors (Lipinski definition) is 0. The standard InChI is InChI=1S/C13H14F2N2/c14-13(15)6-5-10(7-13)8-17-9-16-11-3-1-2-4-12(11)17/h1-4,9-10H,5-8H2. The Kier molecular flexibility index (Phi) is 2.38. The molecule has 2 aromatic rings. The largest absolute Gasteiger partial charge is 0.330 e. The predicted octanol–water partition coefficient (Wildman–Crippen LogP) is 3.47. The van der Waals surface area contributed by atoms with Crippen LogP contribution in [-0.2, 0) is 6.54 Å². The van der Waals surface area contributed by atoms with Crippen molar-refractivity contribution >= 4 is 11.0 Å². The molecule has 3 rings (SSSR count). The third kappa shape index (κ3) is 2.04. The molecule has 0 N–H and O–H groups in total. The number of halogens is 2. The van der Waals surface area contributed by atoms with Crippen LogP contribution in [0.15, 0.2) is 30.6 Å². The third-order valence-electron chi connectivity index (χ3n) is 3.49. The minimum atomic E-state index is -2.46. The molecule has 1 fully saturated rings. The zero-order chi connectivity index (χ0) is 11.9. The monoisotopic (exact) mass is 236 g/mol. The minimum absolute atomic E-state index is 0.0134. The molecule has 0 aliphatic heterocycles.